The molecule has 0 spiro atoms. The van der Waals surface area contributed by atoms with E-state index in [9.17, 15) is 28.8 Å². The Kier molecular flexibility index (Phi) is 19.6. The topological polar surface area (TPSA) is 275 Å². The van der Waals surface area contributed by atoms with Gasteiger partial charge in [0, 0.05) is 79.4 Å². The van der Waals surface area contributed by atoms with Crippen LogP contribution in [-0.2, 0) is 42.9 Å². The summed E-state index contributed by atoms with van der Waals surface area (Å²) in [4.78, 5) is 78.9. The monoisotopic (exact) mass is 917 g/mol. The number of halogens is 1. The molecule has 66 heavy (non-hydrogen) atoms. The summed E-state index contributed by atoms with van der Waals surface area (Å²) in [7, 11) is 1.47. The molecular weight excluding hydrogens is 862 g/mol. The quantitative estimate of drug-likeness (QED) is 0.0181. The van der Waals surface area contributed by atoms with Crippen LogP contribution < -0.4 is 42.8 Å². The van der Waals surface area contributed by atoms with Crippen molar-refractivity contribution in [3.8, 4) is 11.1 Å². The number of nitrogens with two attached hydrogens (primary N) is 1. The second-order valence-corrected chi connectivity index (χ2v) is 15.0. The van der Waals surface area contributed by atoms with E-state index in [2.05, 4.69) is 31.6 Å². The number of hydrogen-bond donors (Lipinski definition) is 7. The van der Waals surface area contributed by atoms with E-state index in [1.807, 2.05) is 0 Å². The summed E-state index contributed by atoms with van der Waals surface area (Å²) < 4.78 is 42.8. The molecule has 2 aliphatic heterocycles. The van der Waals surface area contributed by atoms with Crippen LogP contribution >= 0.6 is 0 Å². The van der Waals surface area contributed by atoms with Crippen molar-refractivity contribution in [2.24, 2.45) is 0 Å². The summed E-state index contributed by atoms with van der Waals surface area (Å²) in [5.41, 5.74) is 8.85. The number of likely N-dealkylation sites (N-methyl/N-ethyl adjacent to an activating group) is 1. The van der Waals surface area contributed by atoms with Crippen LogP contribution in [0.15, 0.2) is 36.7 Å². The summed E-state index contributed by atoms with van der Waals surface area (Å²) in [5, 5.41) is 22.7. The fourth-order valence-corrected chi connectivity index (χ4v) is 6.82. The molecule has 3 heterocycles. The smallest absolute Gasteiger partial charge is 0.257 e. The first kappa shape index (κ1) is 50.4. The number of benzene rings is 2. The lowest BCUT2D eigenvalue weighted by molar-refractivity contribution is -0.136. The van der Waals surface area contributed by atoms with Gasteiger partial charge >= 0.3 is 0 Å². The molecule has 1 atom stereocenters. The number of hydrogen-bond acceptors (Lipinski definition) is 16. The molecule has 5 rings (SSSR count). The molecule has 20 nitrogen and oxygen atoms in total. The van der Waals surface area contributed by atoms with E-state index in [4.69, 9.17) is 34.8 Å². The van der Waals surface area contributed by atoms with Crippen molar-refractivity contribution in [3.05, 3.63) is 69.6 Å². The first-order chi connectivity index (χ1) is 31.9. The van der Waals surface area contributed by atoms with E-state index in [0.29, 0.717) is 98.6 Å². The van der Waals surface area contributed by atoms with E-state index < -0.39 is 29.6 Å². The summed E-state index contributed by atoms with van der Waals surface area (Å²) >= 11 is 0. The molecule has 0 radical (unpaired) electrons. The number of nitrogens with one attached hydrogen (secondary N) is 6. The molecule has 0 saturated carbocycles. The average molecular weight is 918 g/mol. The van der Waals surface area contributed by atoms with Crippen molar-refractivity contribution in [1.82, 2.24) is 25.8 Å². The summed E-state index contributed by atoms with van der Waals surface area (Å²) in [6, 6.07) is 5.58. The van der Waals surface area contributed by atoms with Gasteiger partial charge in [-0.25, -0.2) is 4.39 Å². The maximum atomic E-state index is 15.2. The Morgan fingerprint density at radius 3 is 2.23 bits per heavy atom. The molecule has 8 N–H and O–H groups in total. The molecule has 0 aliphatic carbocycles. The molecule has 21 heteroatoms. The Bertz CT molecular complexity index is 2380. The lowest BCUT2D eigenvalue weighted by Crippen LogP contribution is -2.53. The molecule has 1 aromatic heterocycles. The number of nitrogen functional groups attached to an aromatic ring is 1. The highest BCUT2D eigenvalue weighted by molar-refractivity contribution is 6.14. The van der Waals surface area contributed by atoms with Crippen molar-refractivity contribution in [2.75, 3.05) is 103 Å². The number of carbonyl (C=O) groups is 6. The molecule has 1 saturated heterocycles. The van der Waals surface area contributed by atoms with Gasteiger partial charge in [0.1, 0.15) is 11.9 Å². The van der Waals surface area contributed by atoms with Crippen LogP contribution in [0.25, 0.3) is 23.4 Å². The van der Waals surface area contributed by atoms with Crippen molar-refractivity contribution in [1.29, 1.82) is 5.41 Å². The minimum Gasteiger partial charge on any atom is -0.397 e. The van der Waals surface area contributed by atoms with Gasteiger partial charge in [-0.2, -0.15) is 0 Å². The Hall–Kier alpha value is -6.65. The van der Waals surface area contributed by atoms with Crippen LogP contribution in [0.4, 0.5) is 21.5 Å². The van der Waals surface area contributed by atoms with Crippen molar-refractivity contribution < 1.29 is 56.8 Å². The van der Waals surface area contributed by atoms with Crippen LogP contribution in [-0.4, -0.2) is 144 Å². The zero-order valence-corrected chi connectivity index (χ0v) is 36.9. The highest BCUT2D eigenvalue weighted by atomic mass is 19.1. The maximum Gasteiger partial charge on any atom is 0.257 e. The fraction of sp³-hybridized carbons (Fsp3) is 0.422. The van der Waals surface area contributed by atoms with Crippen LogP contribution in [0.1, 0.15) is 52.0 Å². The normalized spacial score (nSPS) is 14.2. The Morgan fingerprint density at radius 1 is 0.924 bits per heavy atom. The molecule has 354 valence electrons. The number of amidine groups is 1. The Labute approximate surface area is 380 Å². The van der Waals surface area contributed by atoms with Gasteiger partial charge in [-0.15, -0.1) is 0 Å². The van der Waals surface area contributed by atoms with E-state index in [-0.39, 0.29) is 85.5 Å². The van der Waals surface area contributed by atoms with Gasteiger partial charge < -0.3 is 55.6 Å². The number of pyridine rings is 1. The third-order valence-corrected chi connectivity index (χ3v) is 10.4. The number of rotatable bonds is 27. The predicted molar refractivity (Wildman–Crippen MR) is 241 cm³/mol. The van der Waals surface area contributed by atoms with Crippen LogP contribution in [0.5, 0.6) is 0 Å². The molecule has 0 bridgehead atoms. The first-order valence-electron chi connectivity index (χ1n) is 21.4. The van der Waals surface area contributed by atoms with Crippen molar-refractivity contribution in [2.45, 2.75) is 38.6 Å². The van der Waals surface area contributed by atoms with Gasteiger partial charge in [-0.1, -0.05) is 12.1 Å². The number of carbonyl (C=O) groups excluding carboxylic acids is 6. The molecule has 1 fully saturated rings. The molecule has 3 aromatic rings. The zero-order chi connectivity index (χ0) is 47.4. The highest BCUT2D eigenvalue weighted by Crippen LogP contribution is 2.30. The molecule has 2 aliphatic rings. The Morgan fingerprint density at radius 2 is 1.59 bits per heavy atom. The van der Waals surface area contributed by atoms with Crippen molar-refractivity contribution in [3.63, 3.8) is 0 Å². The number of amides is 5. The second kappa shape index (κ2) is 25.7. The third kappa shape index (κ3) is 14.4. The number of fused-ring (bicyclic) bond motifs is 1. The third-order valence-electron chi connectivity index (χ3n) is 10.4. The number of ether oxygens (including phenoxy) is 5. The average Bonchev–Trinajstić information content (AvgIpc) is 3.27. The zero-order valence-electron chi connectivity index (χ0n) is 36.9. The molecular formula is C45H56FN9O11. The highest BCUT2D eigenvalue weighted by Gasteiger charge is 2.34. The van der Waals surface area contributed by atoms with Crippen LogP contribution in [0, 0.1) is 18.2 Å². The van der Waals surface area contributed by atoms with Gasteiger partial charge in [0.25, 0.3) is 5.91 Å². The van der Waals surface area contributed by atoms with Crippen molar-refractivity contribution >= 4 is 71.0 Å². The predicted octanol–water partition coefficient (Wildman–Crippen LogP) is 0.597. The van der Waals surface area contributed by atoms with Crippen LogP contribution in [0.3, 0.4) is 0 Å². The lowest BCUT2D eigenvalue weighted by Gasteiger charge is -2.30. The first-order valence-corrected chi connectivity index (χ1v) is 21.4. The summed E-state index contributed by atoms with van der Waals surface area (Å²) in [6.07, 6.45) is 6.98. The Balaban J connectivity index is 0.831. The molecule has 5 amide bonds. The van der Waals surface area contributed by atoms with Gasteiger partial charge in [0.15, 0.2) is 12.1 Å². The maximum absolute atomic E-state index is 15.2. The van der Waals surface area contributed by atoms with E-state index in [1.54, 1.807) is 31.3 Å². The largest absolute Gasteiger partial charge is 0.397 e. The van der Waals surface area contributed by atoms with Crippen LogP contribution in [0.2, 0.25) is 0 Å². The second-order valence-electron chi connectivity index (χ2n) is 15.0. The number of aldehydes is 1. The van der Waals surface area contributed by atoms with Gasteiger partial charge in [-0.05, 0) is 42.3 Å². The van der Waals surface area contributed by atoms with E-state index in [0.717, 1.165) is 0 Å². The van der Waals surface area contributed by atoms with Gasteiger partial charge in [0.2, 0.25) is 23.6 Å². The molecule has 2 aromatic carbocycles. The van der Waals surface area contributed by atoms with Gasteiger partial charge in [-0.3, -0.25) is 44.5 Å². The lowest BCUT2D eigenvalue weighted by atomic mass is 9.97. The fourth-order valence-electron chi connectivity index (χ4n) is 6.82. The summed E-state index contributed by atoms with van der Waals surface area (Å²) in [6.45, 7) is 5.27. The SMILES string of the molecule is Cc1c(N)cncc1-c1cc(=CC(=N)NC(=O)CCNC(=O)CCOCCOCCOCCOCCOCCNc2cccc(C=O)c2C(=O)N(C)C2CCC(=O)NC2=O)c2c(c1F)NC=2. The number of nitrogens with zero attached hydrogens (tertiary/aromatic N) is 2. The van der Waals surface area contributed by atoms with Gasteiger partial charge in [0.05, 0.1) is 89.2 Å². The number of imide groups is 1. The molecule has 1 unspecified atom stereocenters. The minimum atomic E-state index is -0.830. The number of piperidine rings is 1. The number of aromatic nitrogens is 1. The standard InChI is InChI=1S/C45H56FN9O11/c1-28-32(24-49-26-34(28)47)31-22-30(33-25-52-43(33)42(31)46)23-37(48)53-40(59)8-10-51-38(57)9-12-62-14-16-64-18-20-66-21-19-65-17-15-63-13-11-50-35-5-3-4-29(27-56)41(35)45(61)55(2)36-6-7-39(58)54-44(36)60/h3-5,22-27,36,50,52H,6-21,47H2,1-2H3,(H,51,57)(H2,48,53,59)(H,54,58,60). The summed E-state index contributed by atoms with van der Waals surface area (Å²) in [5.74, 6) is -2.89. The minimum absolute atomic E-state index is 0.0570. The van der Waals surface area contributed by atoms with E-state index >= 15 is 4.39 Å². The van der Waals surface area contributed by atoms with E-state index in [1.165, 1.54) is 36.5 Å². The number of anilines is 3.